The number of anilines is 1. The number of dihydropyridines is 1. The molecule has 0 fully saturated rings. The number of nitrogens with one attached hydrogen (secondary N) is 2. The first kappa shape index (κ1) is 22.2. The van der Waals surface area contributed by atoms with Gasteiger partial charge in [0.1, 0.15) is 11.6 Å². The molecule has 3 aromatic rings. The Hall–Kier alpha value is -3.64. The van der Waals surface area contributed by atoms with Crippen molar-refractivity contribution in [2.75, 3.05) is 5.32 Å². The Kier molecular flexibility index (Phi) is 5.84. The number of halogens is 1. The summed E-state index contributed by atoms with van der Waals surface area (Å²) in [6, 6.07) is 14.7. The quantitative estimate of drug-likeness (QED) is 0.512. The van der Waals surface area contributed by atoms with Crippen molar-refractivity contribution < 1.29 is 14.0 Å². The molecule has 2 atom stereocenters. The number of Topliss-reactive ketones (excluding diaryl/α,β-unsaturated/α-hetero) is 1. The molecular formula is C27H24ClN3O3. The van der Waals surface area contributed by atoms with Gasteiger partial charge >= 0.3 is 0 Å². The van der Waals surface area contributed by atoms with E-state index in [1.54, 1.807) is 24.6 Å². The van der Waals surface area contributed by atoms with E-state index in [4.69, 9.17) is 16.0 Å². The Balaban J connectivity index is 1.56. The normalized spacial score (nSPS) is 20.1. The van der Waals surface area contributed by atoms with Crippen LogP contribution < -0.4 is 10.6 Å². The number of ketones is 1. The standard InChI is InChI=1S/C27H24ClN3O3/c1-15-8-9-23(29-14-15)31-27(33)24-16(2)30-20-12-18(22-7-4-10-34-22)13-21(32)26(20)25(24)17-5-3-6-19(28)11-17/h3-11,14,18,25,30H,12-13H2,1-2H3,(H,29,31,33)/t18-,25+/m0/s1. The van der Waals surface area contributed by atoms with E-state index in [0.29, 0.717) is 40.5 Å². The number of carbonyl (C=O) groups excluding carboxylic acids is 2. The van der Waals surface area contributed by atoms with Crippen LogP contribution in [0.25, 0.3) is 0 Å². The minimum absolute atomic E-state index is 0.00798. The first-order chi connectivity index (χ1) is 16.4. The summed E-state index contributed by atoms with van der Waals surface area (Å²) in [4.78, 5) is 31.4. The van der Waals surface area contributed by atoms with Crippen LogP contribution in [-0.2, 0) is 9.59 Å². The Labute approximate surface area is 202 Å². The number of allylic oxidation sites excluding steroid dienone is 3. The molecule has 7 heteroatoms. The van der Waals surface area contributed by atoms with E-state index >= 15 is 0 Å². The number of carbonyl (C=O) groups is 2. The van der Waals surface area contributed by atoms with Gasteiger partial charge in [0.2, 0.25) is 0 Å². The van der Waals surface area contributed by atoms with Gasteiger partial charge in [-0.05, 0) is 61.7 Å². The highest BCUT2D eigenvalue weighted by molar-refractivity contribution is 6.30. The topological polar surface area (TPSA) is 84.2 Å². The Bertz CT molecular complexity index is 1320. The Morgan fingerprint density at radius 2 is 2.00 bits per heavy atom. The molecule has 2 N–H and O–H groups in total. The monoisotopic (exact) mass is 473 g/mol. The summed E-state index contributed by atoms with van der Waals surface area (Å²) in [6.45, 7) is 3.80. The second kappa shape index (κ2) is 8.95. The van der Waals surface area contributed by atoms with E-state index in [9.17, 15) is 9.59 Å². The number of rotatable bonds is 4. The van der Waals surface area contributed by atoms with Crippen molar-refractivity contribution in [2.24, 2.45) is 0 Å². The fraction of sp³-hybridized carbons (Fsp3) is 0.222. The molecule has 2 aromatic heterocycles. The van der Waals surface area contributed by atoms with Gasteiger partial charge in [0.15, 0.2) is 5.78 Å². The maximum absolute atomic E-state index is 13.5. The van der Waals surface area contributed by atoms with E-state index in [1.165, 1.54) is 0 Å². The molecule has 34 heavy (non-hydrogen) atoms. The Morgan fingerprint density at radius 1 is 1.15 bits per heavy atom. The van der Waals surface area contributed by atoms with Gasteiger partial charge < -0.3 is 15.1 Å². The molecule has 6 nitrogen and oxygen atoms in total. The van der Waals surface area contributed by atoms with Gasteiger partial charge in [-0.2, -0.15) is 0 Å². The summed E-state index contributed by atoms with van der Waals surface area (Å²) < 4.78 is 5.59. The minimum atomic E-state index is -0.537. The van der Waals surface area contributed by atoms with Crippen LogP contribution in [0.1, 0.15) is 48.5 Å². The molecule has 1 aromatic carbocycles. The number of pyridine rings is 1. The highest BCUT2D eigenvalue weighted by atomic mass is 35.5. The summed E-state index contributed by atoms with van der Waals surface area (Å²) in [7, 11) is 0. The number of amides is 1. The summed E-state index contributed by atoms with van der Waals surface area (Å²) in [5.74, 6) is 0.342. The summed E-state index contributed by atoms with van der Waals surface area (Å²) >= 11 is 6.32. The second-order valence-corrected chi connectivity index (χ2v) is 9.20. The lowest BCUT2D eigenvalue weighted by atomic mass is 9.72. The van der Waals surface area contributed by atoms with Crippen molar-refractivity contribution in [3.8, 4) is 0 Å². The first-order valence-corrected chi connectivity index (χ1v) is 11.6. The molecule has 1 aliphatic heterocycles. The minimum Gasteiger partial charge on any atom is -0.469 e. The molecule has 3 heterocycles. The van der Waals surface area contributed by atoms with Gasteiger partial charge in [-0.25, -0.2) is 4.98 Å². The summed E-state index contributed by atoms with van der Waals surface area (Å²) in [5, 5.41) is 6.81. The number of benzene rings is 1. The van der Waals surface area contributed by atoms with Crippen LogP contribution in [0.3, 0.4) is 0 Å². The lowest BCUT2D eigenvalue weighted by molar-refractivity contribution is -0.116. The molecule has 5 rings (SSSR count). The smallest absolute Gasteiger partial charge is 0.255 e. The number of aromatic nitrogens is 1. The van der Waals surface area contributed by atoms with Crippen molar-refractivity contribution in [1.29, 1.82) is 0 Å². The van der Waals surface area contributed by atoms with Crippen LogP contribution in [0.15, 0.2) is 87.9 Å². The van der Waals surface area contributed by atoms with Gasteiger partial charge in [0.25, 0.3) is 5.91 Å². The third-order valence-corrected chi connectivity index (χ3v) is 6.59. The predicted molar refractivity (Wildman–Crippen MR) is 130 cm³/mol. The fourth-order valence-electron chi connectivity index (χ4n) is 4.81. The molecule has 1 aliphatic carbocycles. The van der Waals surface area contributed by atoms with E-state index < -0.39 is 5.92 Å². The average molecular weight is 474 g/mol. The lowest BCUT2D eigenvalue weighted by Gasteiger charge is -2.36. The molecule has 0 saturated carbocycles. The maximum atomic E-state index is 13.5. The van der Waals surface area contributed by atoms with Gasteiger partial charge in [0.05, 0.1) is 6.26 Å². The second-order valence-electron chi connectivity index (χ2n) is 8.76. The number of hydrogen-bond donors (Lipinski definition) is 2. The molecule has 0 bridgehead atoms. The number of nitrogens with zero attached hydrogens (tertiary/aromatic N) is 1. The summed E-state index contributed by atoms with van der Waals surface area (Å²) in [5.41, 5.74) is 4.41. The van der Waals surface area contributed by atoms with Crippen molar-refractivity contribution in [1.82, 2.24) is 10.3 Å². The first-order valence-electron chi connectivity index (χ1n) is 11.2. The Morgan fingerprint density at radius 3 is 2.71 bits per heavy atom. The number of aryl methyl sites for hydroxylation is 1. The molecule has 172 valence electrons. The predicted octanol–water partition coefficient (Wildman–Crippen LogP) is 5.64. The zero-order valence-corrected chi connectivity index (χ0v) is 19.6. The van der Waals surface area contributed by atoms with E-state index in [2.05, 4.69) is 15.6 Å². The fourth-order valence-corrected chi connectivity index (χ4v) is 5.01. The van der Waals surface area contributed by atoms with Crippen LogP contribution >= 0.6 is 11.6 Å². The van der Waals surface area contributed by atoms with Crippen LogP contribution in [0.2, 0.25) is 5.02 Å². The molecular weight excluding hydrogens is 450 g/mol. The molecule has 1 amide bonds. The van der Waals surface area contributed by atoms with Gasteiger partial charge in [0, 0.05) is 52.0 Å². The van der Waals surface area contributed by atoms with Crippen LogP contribution in [0.5, 0.6) is 0 Å². The van der Waals surface area contributed by atoms with Crippen molar-refractivity contribution >= 4 is 29.1 Å². The van der Waals surface area contributed by atoms with Crippen LogP contribution in [-0.4, -0.2) is 16.7 Å². The number of furan rings is 1. The highest BCUT2D eigenvalue weighted by Gasteiger charge is 2.41. The SMILES string of the molecule is CC1=C(C(=O)Nc2ccc(C)cn2)[C@@H](c2cccc(Cl)c2)C2=C(C[C@H](c3ccco3)CC2=O)N1. The zero-order valence-electron chi connectivity index (χ0n) is 18.9. The van der Waals surface area contributed by atoms with Crippen molar-refractivity contribution in [2.45, 2.75) is 38.5 Å². The van der Waals surface area contributed by atoms with E-state index in [-0.39, 0.29) is 17.6 Å². The lowest BCUT2D eigenvalue weighted by Crippen LogP contribution is -2.37. The maximum Gasteiger partial charge on any atom is 0.255 e. The van der Waals surface area contributed by atoms with Gasteiger partial charge in [-0.1, -0.05) is 29.8 Å². The molecule has 0 unspecified atom stereocenters. The molecule has 0 radical (unpaired) electrons. The molecule has 2 aliphatic rings. The zero-order chi connectivity index (χ0) is 23.8. The highest BCUT2D eigenvalue weighted by Crippen LogP contribution is 2.46. The van der Waals surface area contributed by atoms with Gasteiger partial charge in [-0.15, -0.1) is 0 Å². The summed E-state index contributed by atoms with van der Waals surface area (Å²) in [6.07, 6.45) is 4.26. The third kappa shape index (κ3) is 4.17. The largest absolute Gasteiger partial charge is 0.469 e. The molecule has 0 spiro atoms. The number of hydrogen-bond acceptors (Lipinski definition) is 5. The van der Waals surface area contributed by atoms with Crippen LogP contribution in [0.4, 0.5) is 5.82 Å². The van der Waals surface area contributed by atoms with E-state index in [0.717, 1.165) is 22.6 Å². The van der Waals surface area contributed by atoms with E-state index in [1.807, 2.05) is 50.2 Å². The van der Waals surface area contributed by atoms with Crippen molar-refractivity contribution in [3.05, 3.63) is 105 Å². The molecule has 0 saturated heterocycles. The third-order valence-electron chi connectivity index (χ3n) is 6.35. The van der Waals surface area contributed by atoms with Crippen molar-refractivity contribution in [3.63, 3.8) is 0 Å². The van der Waals surface area contributed by atoms with Crippen LogP contribution in [0, 0.1) is 6.92 Å². The van der Waals surface area contributed by atoms with Gasteiger partial charge in [-0.3, -0.25) is 9.59 Å². The average Bonchev–Trinajstić information content (AvgIpc) is 3.34.